The van der Waals surface area contributed by atoms with E-state index in [0.29, 0.717) is 48.5 Å². The summed E-state index contributed by atoms with van der Waals surface area (Å²) in [5.74, 6) is 3.21. The molecule has 0 radical (unpaired) electrons. The van der Waals surface area contributed by atoms with Crippen molar-refractivity contribution in [2.75, 3.05) is 59.4 Å². The number of amides is 1. The summed E-state index contributed by atoms with van der Waals surface area (Å²) in [5, 5.41) is 3.78. The Morgan fingerprint density at radius 3 is 2.37 bits per heavy atom. The van der Waals surface area contributed by atoms with Crippen LogP contribution in [0.2, 0.25) is 0 Å². The maximum Gasteiger partial charge on any atom is 0.254 e. The number of methoxy groups -OCH3 is 3. The number of carbonyl (C=O) groups is 1. The first kappa shape index (κ1) is 34.5. The summed E-state index contributed by atoms with van der Waals surface area (Å²) in [6, 6.07) is 22.9. The zero-order valence-electron chi connectivity index (χ0n) is 30.4. The van der Waals surface area contributed by atoms with Gasteiger partial charge in [-0.2, -0.15) is 0 Å². The lowest BCUT2D eigenvalue weighted by Crippen LogP contribution is -2.42. The predicted octanol–water partition coefficient (Wildman–Crippen LogP) is 7.07. The highest BCUT2D eigenvalue weighted by Crippen LogP contribution is 2.42. The normalized spacial score (nSPS) is 18.3. The van der Waals surface area contributed by atoms with E-state index in [-0.39, 0.29) is 11.3 Å². The van der Waals surface area contributed by atoms with Crippen molar-refractivity contribution in [3.63, 3.8) is 0 Å². The van der Waals surface area contributed by atoms with E-state index in [1.807, 2.05) is 23.1 Å². The molecule has 2 saturated heterocycles. The van der Waals surface area contributed by atoms with Gasteiger partial charge in [-0.3, -0.25) is 4.79 Å². The molecule has 51 heavy (non-hydrogen) atoms. The van der Waals surface area contributed by atoms with Crippen LogP contribution in [0.4, 0.5) is 5.95 Å². The van der Waals surface area contributed by atoms with Crippen LogP contribution in [-0.4, -0.2) is 85.4 Å². The minimum Gasteiger partial charge on any atom is -0.493 e. The first-order valence-electron chi connectivity index (χ1n) is 17.9. The van der Waals surface area contributed by atoms with Gasteiger partial charge in [0.1, 0.15) is 5.76 Å². The van der Waals surface area contributed by atoms with Crippen LogP contribution in [0.25, 0.3) is 11.0 Å². The smallest absolute Gasteiger partial charge is 0.254 e. The molecule has 268 valence electrons. The molecule has 0 saturated carbocycles. The highest BCUT2D eigenvalue weighted by atomic mass is 16.5. The van der Waals surface area contributed by atoms with Crippen LogP contribution in [0.3, 0.4) is 0 Å². The highest BCUT2D eigenvalue weighted by Gasteiger charge is 2.42. The second kappa shape index (κ2) is 14.7. The van der Waals surface area contributed by atoms with Crippen LogP contribution in [0.5, 0.6) is 17.2 Å². The van der Waals surface area contributed by atoms with E-state index in [2.05, 4.69) is 65.0 Å². The van der Waals surface area contributed by atoms with Gasteiger partial charge in [0.2, 0.25) is 11.7 Å². The average molecular weight is 692 g/mol. The Balaban J connectivity index is 1.04. The number of imidazole rings is 1. The number of aryl methyl sites for hydroxylation is 2. The van der Waals surface area contributed by atoms with Crippen molar-refractivity contribution in [3.05, 3.63) is 101 Å². The molecule has 0 bridgehead atoms. The Bertz CT molecular complexity index is 1950. The van der Waals surface area contributed by atoms with Crippen molar-refractivity contribution in [1.29, 1.82) is 0 Å². The summed E-state index contributed by atoms with van der Waals surface area (Å²) in [4.78, 5) is 23.6. The summed E-state index contributed by atoms with van der Waals surface area (Å²) in [5.41, 5.74) is 6.36. The minimum atomic E-state index is -0.138. The number of fused-ring (bicyclic) bond motifs is 1. The van der Waals surface area contributed by atoms with Crippen LogP contribution in [0.1, 0.15) is 58.5 Å². The SMILES string of the molecule is COc1cc(C(=O)N2CCC(CCN3CCC(Nc4nc5ccccc5n4Cc4ccco4)CC3)(c3ccc(C)c(C)c3)C2)cc(OC)c1OC. The fourth-order valence-corrected chi connectivity index (χ4v) is 7.85. The van der Waals surface area contributed by atoms with Crippen LogP contribution in [-0.2, 0) is 12.0 Å². The number of para-hydroxylation sites is 2. The Labute approximate surface area is 300 Å². The van der Waals surface area contributed by atoms with E-state index < -0.39 is 0 Å². The molecule has 2 fully saturated rings. The van der Waals surface area contributed by atoms with Gasteiger partial charge in [-0.05, 0) is 99.2 Å². The molecule has 7 rings (SSSR count). The largest absolute Gasteiger partial charge is 0.493 e. The van der Waals surface area contributed by atoms with E-state index in [1.165, 1.54) is 16.7 Å². The average Bonchev–Trinajstić information content (AvgIpc) is 3.92. The summed E-state index contributed by atoms with van der Waals surface area (Å²) < 4.78 is 24.5. The number of furan rings is 1. The standard InChI is InChI=1S/C41H49N5O5/c1-28-12-13-31(23-29(28)2)41(17-21-45(27-41)39(47)30-24-36(48-3)38(50-5)37(25-30)49-4)16-20-44-18-14-32(15-19-44)42-40-43-34-10-6-7-11-35(34)46(40)26-33-9-8-22-51-33/h6-13,22-25,32H,14-21,26-27H2,1-5H3,(H,42,43). The zero-order valence-corrected chi connectivity index (χ0v) is 30.4. The lowest BCUT2D eigenvalue weighted by atomic mass is 9.75. The van der Waals surface area contributed by atoms with Gasteiger partial charge < -0.3 is 38.3 Å². The van der Waals surface area contributed by atoms with Gasteiger partial charge in [0.05, 0.1) is 45.2 Å². The van der Waals surface area contributed by atoms with Gasteiger partial charge in [0.15, 0.2) is 11.5 Å². The summed E-state index contributed by atoms with van der Waals surface area (Å²) in [7, 11) is 4.72. The molecule has 2 aliphatic rings. The van der Waals surface area contributed by atoms with Crippen molar-refractivity contribution in [2.24, 2.45) is 0 Å². The molecule has 1 atom stereocenters. The molecule has 10 heteroatoms. The molecule has 4 heterocycles. The van der Waals surface area contributed by atoms with Crippen LogP contribution in [0.15, 0.2) is 77.4 Å². The maximum atomic E-state index is 14.0. The monoisotopic (exact) mass is 691 g/mol. The van der Waals surface area contributed by atoms with Gasteiger partial charge in [0, 0.05) is 43.2 Å². The number of carbonyl (C=O) groups excluding carboxylic acids is 1. The Morgan fingerprint density at radius 2 is 1.69 bits per heavy atom. The fraction of sp³-hybridized carbons (Fsp3) is 0.415. The van der Waals surface area contributed by atoms with Crippen molar-refractivity contribution < 1.29 is 23.4 Å². The predicted molar refractivity (Wildman–Crippen MR) is 199 cm³/mol. The summed E-state index contributed by atoms with van der Waals surface area (Å²) >= 11 is 0. The molecule has 0 aliphatic carbocycles. The van der Waals surface area contributed by atoms with Crippen molar-refractivity contribution in [3.8, 4) is 17.2 Å². The van der Waals surface area contributed by atoms with Gasteiger partial charge >= 0.3 is 0 Å². The number of anilines is 1. The third-order valence-corrected chi connectivity index (χ3v) is 11.0. The number of rotatable bonds is 12. The molecule has 0 spiro atoms. The quantitative estimate of drug-likeness (QED) is 0.149. The Hall–Kier alpha value is -4.96. The number of nitrogens with one attached hydrogen (secondary N) is 1. The second-order valence-corrected chi connectivity index (χ2v) is 14.1. The topological polar surface area (TPSA) is 94.2 Å². The van der Waals surface area contributed by atoms with Crippen molar-refractivity contribution >= 4 is 22.9 Å². The summed E-state index contributed by atoms with van der Waals surface area (Å²) in [6.07, 6.45) is 5.68. The maximum absolute atomic E-state index is 14.0. The first-order valence-corrected chi connectivity index (χ1v) is 17.9. The number of hydrogen-bond donors (Lipinski definition) is 1. The highest BCUT2D eigenvalue weighted by molar-refractivity contribution is 5.96. The van der Waals surface area contributed by atoms with E-state index in [4.69, 9.17) is 23.6 Å². The molecule has 5 aromatic rings. The lowest BCUT2D eigenvalue weighted by molar-refractivity contribution is 0.0779. The van der Waals surface area contributed by atoms with E-state index in [0.717, 1.165) is 68.1 Å². The molecular formula is C41H49N5O5. The Morgan fingerprint density at radius 1 is 0.922 bits per heavy atom. The number of piperidine rings is 1. The second-order valence-electron chi connectivity index (χ2n) is 14.1. The third-order valence-electron chi connectivity index (χ3n) is 11.0. The number of ether oxygens (including phenoxy) is 3. The zero-order chi connectivity index (χ0) is 35.5. The number of benzene rings is 3. The van der Waals surface area contributed by atoms with Crippen molar-refractivity contribution in [1.82, 2.24) is 19.4 Å². The number of nitrogens with zero attached hydrogens (tertiary/aromatic N) is 4. The van der Waals surface area contributed by atoms with Crippen LogP contribution < -0.4 is 19.5 Å². The van der Waals surface area contributed by atoms with Gasteiger partial charge in [0.25, 0.3) is 5.91 Å². The van der Waals surface area contributed by atoms with E-state index >= 15 is 0 Å². The number of aromatic nitrogens is 2. The molecular weight excluding hydrogens is 642 g/mol. The van der Waals surface area contributed by atoms with Gasteiger partial charge in [-0.1, -0.05) is 30.3 Å². The molecule has 10 nitrogen and oxygen atoms in total. The third kappa shape index (κ3) is 7.02. The first-order chi connectivity index (χ1) is 24.8. The van der Waals surface area contributed by atoms with E-state index in [1.54, 1.807) is 39.7 Å². The Kier molecular flexibility index (Phi) is 9.95. The molecule has 3 aromatic carbocycles. The fourth-order valence-electron chi connectivity index (χ4n) is 7.85. The van der Waals surface area contributed by atoms with Crippen molar-refractivity contribution in [2.45, 2.75) is 57.5 Å². The van der Waals surface area contributed by atoms with E-state index in [9.17, 15) is 4.79 Å². The number of likely N-dealkylation sites (tertiary alicyclic amines) is 2. The van der Waals surface area contributed by atoms with Gasteiger partial charge in [-0.25, -0.2) is 4.98 Å². The number of hydrogen-bond acceptors (Lipinski definition) is 8. The molecule has 2 aromatic heterocycles. The minimum absolute atomic E-state index is 0.0232. The van der Waals surface area contributed by atoms with Gasteiger partial charge in [-0.15, -0.1) is 0 Å². The lowest BCUT2D eigenvalue weighted by Gasteiger charge is -2.36. The summed E-state index contributed by atoms with van der Waals surface area (Å²) in [6.45, 7) is 9.31. The van der Waals surface area contributed by atoms with Crippen LogP contribution >= 0.6 is 0 Å². The molecule has 1 N–H and O–H groups in total. The molecule has 1 amide bonds. The van der Waals surface area contributed by atoms with Crippen LogP contribution in [0, 0.1) is 13.8 Å². The molecule has 2 aliphatic heterocycles. The molecule has 1 unspecified atom stereocenters.